The molecule has 0 bridgehead atoms. The normalized spacial score (nSPS) is 18.2. The smallest absolute Gasteiger partial charge is 0.236 e. The molecule has 1 aromatic rings. The summed E-state index contributed by atoms with van der Waals surface area (Å²) in [6.07, 6.45) is 3.26. The van der Waals surface area contributed by atoms with Crippen LogP contribution in [0.5, 0.6) is 0 Å². The fraction of sp³-hybridized carbons (Fsp3) is 0.650. The fourth-order valence-corrected chi connectivity index (χ4v) is 3.49. The second kappa shape index (κ2) is 11.2. The Hall–Kier alpha value is -1.43. The van der Waals surface area contributed by atoms with Crippen molar-refractivity contribution < 1.29 is 9.53 Å². The van der Waals surface area contributed by atoms with E-state index >= 15 is 0 Å². The van der Waals surface area contributed by atoms with Gasteiger partial charge in [-0.2, -0.15) is 0 Å². The molecule has 140 valence electrons. The minimum Gasteiger partial charge on any atom is -0.383 e. The largest absolute Gasteiger partial charge is 0.383 e. The van der Waals surface area contributed by atoms with Crippen molar-refractivity contribution in [2.24, 2.45) is 0 Å². The van der Waals surface area contributed by atoms with Crippen LogP contribution in [-0.4, -0.2) is 68.2 Å². The topological polar surface area (TPSA) is 44.8 Å². The quantitative estimate of drug-likeness (QED) is 0.659. The number of rotatable bonds is 10. The molecule has 1 fully saturated rings. The Balaban J connectivity index is 1.89. The summed E-state index contributed by atoms with van der Waals surface area (Å²) in [4.78, 5) is 17.2. The van der Waals surface area contributed by atoms with Gasteiger partial charge in [-0.15, -0.1) is 0 Å². The van der Waals surface area contributed by atoms with E-state index in [2.05, 4.69) is 52.4 Å². The van der Waals surface area contributed by atoms with E-state index < -0.39 is 0 Å². The van der Waals surface area contributed by atoms with Gasteiger partial charge in [-0.3, -0.25) is 9.69 Å². The maximum atomic E-state index is 12.7. The van der Waals surface area contributed by atoms with Crippen molar-refractivity contribution >= 4 is 5.91 Å². The summed E-state index contributed by atoms with van der Waals surface area (Å²) in [5, 5.41) is 3.19. The number of likely N-dealkylation sites (tertiary alicyclic amines) is 1. The highest BCUT2D eigenvalue weighted by atomic mass is 16.5. The summed E-state index contributed by atoms with van der Waals surface area (Å²) in [6.45, 7) is 7.79. The summed E-state index contributed by atoms with van der Waals surface area (Å²) in [6, 6.07) is 10.9. The first-order valence-corrected chi connectivity index (χ1v) is 9.50. The number of nitrogens with zero attached hydrogens (tertiary/aromatic N) is 2. The molecule has 5 nitrogen and oxygen atoms in total. The Morgan fingerprint density at radius 1 is 1.36 bits per heavy atom. The third-order valence-corrected chi connectivity index (χ3v) is 4.71. The lowest BCUT2D eigenvalue weighted by Gasteiger charge is -2.39. The van der Waals surface area contributed by atoms with Crippen LogP contribution in [0.25, 0.3) is 0 Å². The van der Waals surface area contributed by atoms with Gasteiger partial charge in [0.15, 0.2) is 0 Å². The molecule has 1 saturated heterocycles. The monoisotopic (exact) mass is 347 g/mol. The number of benzene rings is 1. The predicted octanol–water partition coefficient (Wildman–Crippen LogP) is 2.13. The van der Waals surface area contributed by atoms with Crippen molar-refractivity contribution in [1.29, 1.82) is 0 Å². The van der Waals surface area contributed by atoms with Crippen molar-refractivity contribution in [3.63, 3.8) is 0 Å². The Morgan fingerprint density at radius 3 is 2.88 bits per heavy atom. The summed E-state index contributed by atoms with van der Waals surface area (Å²) < 4.78 is 5.02. The molecule has 1 aliphatic rings. The maximum absolute atomic E-state index is 12.7. The Bertz CT molecular complexity index is 495. The number of amides is 1. The summed E-state index contributed by atoms with van der Waals surface area (Å²) >= 11 is 0. The molecule has 0 aliphatic carbocycles. The molecule has 1 atom stereocenters. The van der Waals surface area contributed by atoms with Crippen LogP contribution < -0.4 is 5.32 Å². The van der Waals surface area contributed by atoms with Crippen molar-refractivity contribution in [3.05, 3.63) is 35.9 Å². The highest BCUT2D eigenvalue weighted by Gasteiger charge is 2.27. The average Bonchev–Trinajstić information content (AvgIpc) is 2.64. The number of carbonyl (C=O) groups is 1. The van der Waals surface area contributed by atoms with Crippen LogP contribution in [0.2, 0.25) is 0 Å². The van der Waals surface area contributed by atoms with E-state index in [0.29, 0.717) is 25.7 Å². The minimum absolute atomic E-state index is 0.213. The molecule has 1 heterocycles. The molecule has 1 unspecified atom stereocenters. The molecule has 0 radical (unpaired) electrons. The molecule has 25 heavy (non-hydrogen) atoms. The second-order valence-corrected chi connectivity index (χ2v) is 6.77. The zero-order valence-corrected chi connectivity index (χ0v) is 15.7. The van der Waals surface area contributed by atoms with Gasteiger partial charge in [0.05, 0.1) is 13.2 Å². The van der Waals surface area contributed by atoms with Gasteiger partial charge in [0.25, 0.3) is 0 Å². The molecule has 1 N–H and O–H groups in total. The van der Waals surface area contributed by atoms with Crippen LogP contribution in [0.4, 0.5) is 0 Å². The first-order chi connectivity index (χ1) is 12.2. The number of piperidine rings is 1. The molecule has 0 spiro atoms. The van der Waals surface area contributed by atoms with E-state index in [1.807, 2.05) is 0 Å². The van der Waals surface area contributed by atoms with E-state index in [9.17, 15) is 4.79 Å². The summed E-state index contributed by atoms with van der Waals surface area (Å²) in [5.41, 5.74) is 1.35. The molecular weight excluding hydrogens is 314 g/mol. The zero-order valence-electron chi connectivity index (χ0n) is 15.7. The first-order valence-electron chi connectivity index (χ1n) is 9.50. The SMILES string of the molecule is CCCN(C(=O)CNCCOC)C1CCCN(Cc2ccccc2)C1. The van der Waals surface area contributed by atoms with Crippen molar-refractivity contribution in [3.8, 4) is 0 Å². The number of hydrogen-bond acceptors (Lipinski definition) is 4. The van der Waals surface area contributed by atoms with Crippen LogP contribution in [-0.2, 0) is 16.1 Å². The van der Waals surface area contributed by atoms with Crippen LogP contribution in [0, 0.1) is 0 Å². The number of hydrogen-bond donors (Lipinski definition) is 1. The lowest BCUT2D eigenvalue weighted by Crippen LogP contribution is -2.52. The molecule has 0 aromatic heterocycles. The van der Waals surface area contributed by atoms with Crippen LogP contribution in [0.3, 0.4) is 0 Å². The number of ether oxygens (including phenoxy) is 1. The lowest BCUT2D eigenvalue weighted by molar-refractivity contribution is -0.133. The third kappa shape index (κ3) is 6.77. The summed E-state index contributed by atoms with van der Waals surface area (Å²) in [7, 11) is 1.68. The average molecular weight is 348 g/mol. The van der Waals surface area contributed by atoms with Gasteiger partial charge in [-0.05, 0) is 31.4 Å². The van der Waals surface area contributed by atoms with Gasteiger partial charge in [0.1, 0.15) is 0 Å². The Morgan fingerprint density at radius 2 is 2.16 bits per heavy atom. The third-order valence-electron chi connectivity index (χ3n) is 4.71. The Labute approximate surface area is 152 Å². The number of methoxy groups -OCH3 is 1. The van der Waals surface area contributed by atoms with E-state index in [-0.39, 0.29) is 5.91 Å². The lowest BCUT2D eigenvalue weighted by atomic mass is 10.0. The van der Waals surface area contributed by atoms with Crippen LogP contribution in [0.1, 0.15) is 31.7 Å². The highest BCUT2D eigenvalue weighted by molar-refractivity contribution is 5.78. The van der Waals surface area contributed by atoms with Crippen molar-refractivity contribution in [2.45, 2.75) is 38.8 Å². The van der Waals surface area contributed by atoms with E-state index in [4.69, 9.17) is 4.74 Å². The van der Waals surface area contributed by atoms with Crippen LogP contribution >= 0.6 is 0 Å². The minimum atomic E-state index is 0.213. The molecule has 5 heteroatoms. The van der Waals surface area contributed by atoms with E-state index in [0.717, 1.165) is 45.4 Å². The standard InChI is InChI=1S/C20H33N3O2/c1-3-12-23(20(24)15-21-11-14-25-2)19-10-7-13-22(17-19)16-18-8-5-4-6-9-18/h4-6,8-9,19,21H,3,7,10-17H2,1-2H3. The van der Waals surface area contributed by atoms with Crippen molar-refractivity contribution in [1.82, 2.24) is 15.1 Å². The second-order valence-electron chi connectivity index (χ2n) is 6.77. The number of nitrogens with one attached hydrogen (secondary N) is 1. The van der Waals surface area contributed by atoms with Gasteiger partial charge in [0, 0.05) is 39.3 Å². The van der Waals surface area contributed by atoms with Gasteiger partial charge < -0.3 is 15.0 Å². The predicted molar refractivity (Wildman–Crippen MR) is 101 cm³/mol. The van der Waals surface area contributed by atoms with Crippen molar-refractivity contribution in [2.75, 3.05) is 46.4 Å². The fourth-order valence-electron chi connectivity index (χ4n) is 3.49. The van der Waals surface area contributed by atoms with Gasteiger partial charge in [0.2, 0.25) is 5.91 Å². The maximum Gasteiger partial charge on any atom is 0.236 e. The molecule has 2 rings (SSSR count). The van der Waals surface area contributed by atoms with E-state index in [1.165, 1.54) is 5.56 Å². The first kappa shape index (κ1) is 19.9. The van der Waals surface area contributed by atoms with Crippen LogP contribution in [0.15, 0.2) is 30.3 Å². The summed E-state index contributed by atoms with van der Waals surface area (Å²) in [5.74, 6) is 0.213. The molecule has 0 saturated carbocycles. The highest BCUT2D eigenvalue weighted by Crippen LogP contribution is 2.18. The van der Waals surface area contributed by atoms with E-state index in [1.54, 1.807) is 7.11 Å². The van der Waals surface area contributed by atoms with Gasteiger partial charge in [-0.25, -0.2) is 0 Å². The van der Waals surface area contributed by atoms with Gasteiger partial charge >= 0.3 is 0 Å². The van der Waals surface area contributed by atoms with Gasteiger partial charge in [-0.1, -0.05) is 37.3 Å². The molecular formula is C20H33N3O2. The molecule has 1 amide bonds. The molecule has 1 aromatic carbocycles. The number of carbonyl (C=O) groups excluding carboxylic acids is 1. The molecule has 1 aliphatic heterocycles. The Kier molecular flexibility index (Phi) is 8.94. The zero-order chi connectivity index (χ0) is 17.9.